The summed E-state index contributed by atoms with van der Waals surface area (Å²) in [6.07, 6.45) is 6.37. The number of halogens is 1. The normalized spacial score (nSPS) is 18.7. The molecule has 4 nitrogen and oxygen atoms in total. The van der Waals surface area contributed by atoms with Gasteiger partial charge >= 0.3 is 5.97 Å². The van der Waals surface area contributed by atoms with Gasteiger partial charge in [0.15, 0.2) is 0 Å². The molecule has 0 atom stereocenters. The molecule has 1 heterocycles. The van der Waals surface area contributed by atoms with Crippen LogP contribution < -0.4 is 4.90 Å². The summed E-state index contributed by atoms with van der Waals surface area (Å²) in [4.78, 5) is 17.6. The highest BCUT2D eigenvalue weighted by molar-refractivity contribution is 6.33. The number of carboxylic acid groups (broad SMARTS) is 1. The Labute approximate surface area is 111 Å². The molecular weight excluding hydrogens is 252 g/mol. The van der Waals surface area contributed by atoms with E-state index in [1.807, 2.05) is 0 Å². The molecule has 2 aliphatic rings. The van der Waals surface area contributed by atoms with Gasteiger partial charge in [-0.2, -0.15) is 0 Å². The highest BCUT2D eigenvalue weighted by Crippen LogP contribution is 2.37. The fraction of sp³-hybridized carbons (Fsp3) is 0.538. The Morgan fingerprint density at radius 1 is 1.44 bits per heavy atom. The van der Waals surface area contributed by atoms with E-state index in [0.29, 0.717) is 6.04 Å². The second kappa shape index (κ2) is 4.43. The lowest BCUT2D eigenvalue weighted by molar-refractivity contribution is 0.0697. The standard InChI is InChI=1S/C13H15ClN2O2/c14-11-6-15-12(5-10(11)13(17)18)16(9-3-4-9)7-8-1-2-8/h5-6,8-9H,1-4,7H2,(H,17,18). The van der Waals surface area contributed by atoms with E-state index < -0.39 is 5.97 Å². The van der Waals surface area contributed by atoms with Crippen molar-refractivity contribution in [2.24, 2.45) is 5.92 Å². The van der Waals surface area contributed by atoms with Crippen LogP contribution in [0.25, 0.3) is 0 Å². The van der Waals surface area contributed by atoms with Gasteiger partial charge in [-0.1, -0.05) is 11.6 Å². The number of rotatable bonds is 5. The monoisotopic (exact) mass is 266 g/mol. The van der Waals surface area contributed by atoms with Crippen LogP contribution in [0.2, 0.25) is 5.02 Å². The van der Waals surface area contributed by atoms with Crippen molar-refractivity contribution >= 4 is 23.4 Å². The van der Waals surface area contributed by atoms with Crippen LogP contribution in [-0.2, 0) is 0 Å². The van der Waals surface area contributed by atoms with Gasteiger partial charge in [0.25, 0.3) is 0 Å². The topological polar surface area (TPSA) is 53.4 Å². The van der Waals surface area contributed by atoms with Crippen molar-refractivity contribution in [3.63, 3.8) is 0 Å². The van der Waals surface area contributed by atoms with Gasteiger partial charge in [0.2, 0.25) is 0 Å². The first kappa shape index (κ1) is 11.8. The predicted octanol–water partition coefficient (Wildman–Crippen LogP) is 2.81. The average Bonchev–Trinajstić information content (AvgIpc) is 3.20. The highest BCUT2D eigenvalue weighted by Gasteiger charge is 2.34. The maximum absolute atomic E-state index is 11.1. The van der Waals surface area contributed by atoms with Gasteiger partial charge in [-0.3, -0.25) is 0 Å². The van der Waals surface area contributed by atoms with Crippen LogP contribution in [0.1, 0.15) is 36.0 Å². The highest BCUT2D eigenvalue weighted by atomic mass is 35.5. The van der Waals surface area contributed by atoms with Crippen molar-refractivity contribution in [2.75, 3.05) is 11.4 Å². The summed E-state index contributed by atoms with van der Waals surface area (Å²) in [5, 5.41) is 9.29. The van der Waals surface area contributed by atoms with E-state index in [4.69, 9.17) is 16.7 Å². The molecule has 3 rings (SSSR count). The predicted molar refractivity (Wildman–Crippen MR) is 69.3 cm³/mol. The first-order valence-corrected chi connectivity index (χ1v) is 6.68. The Hall–Kier alpha value is -1.29. The molecule has 0 aromatic carbocycles. The van der Waals surface area contributed by atoms with Crippen LogP contribution in [0.4, 0.5) is 5.82 Å². The molecule has 1 aromatic heterocycles. The zero-order valence-corrected chi connectivity index (χ0v) is 10.7. The van der Waals surface area contributed by atoms with Crippen LogP contribution in [0.15, 0.2) is 12.3 Å². The van der Waals surface area contributed by atoms with Gasteiger partial charge in [-0.05, 0) is 37.7 Å². The Morgan fingerprint density at radius 3 is 2.72 bits per heavy atom. The number of aromatic nitrogens is 1. The van der Waals surface area contributed by atoms with Crippen molar-refractivity contribution in [2.45, 2.75) is 31.7 Å². The summed E-state index contributed by atoms with van der Waals surface area (Å²) in [6.45, 7) is 0.998. The molecule has 1 aromatic rings. The molecule has 2 saturated carbocycles. The number of hydrogen-bond donors (Lipinski definition) is 1. The van der Waals surface area contributed by atoms with Crippen LogP contribution >= 0.6 is 11.6 Å². The first-order valence-electron chi connectivity index (χ1n) is 6.30. The molecule has 1 N–H and O–H groups in total. The summed E-state index contributed by atoms with van der Waals surface area (Å²) in [5.74, 6) is 0.522. The van der Waals surface area contributed by atoms with E-state index in [1.54, 1.807) is 6.07 Å². The zero-order valence-electron chi connectivity index (χ0n) is 9.97. The van der Waals surface area contributed by atoms with Crippen LogP contribution in [0.3, 0.4) is 0 Å². The van der Waals surface area contributed by atoms with Gasteiger partial charge in [0.05, 0.1) is 10.6 Å². The average molecular weight is 267 g/mol. The van der Waals surface area contributed by atoms with E-state index >= 15 is 0 Å². The molecule has 2 aliphatic carbocycles. The minimum absolute atomic E-state index is 0.142. The lowest BCUT2D eigenvalue weighted by Gasteiger charge is -2.23. The molecule has 0 spiro atoms. The third-order valence-corrected chi connectivity index (χ3v) is 3.81. The maximum Gasteiger partial charge on any atom is 0.337 e. The Kier molecular flexibility index (Phi) is 2.90. The molecule has 0 bridgehead atoms. The van der Waals surface area contributed by atoms with Gasteiger partial charge < -0.3 is 10.0 Å². The third-order valence-electron chi connectivity index (χ3n) is 3.51. The van der Waals surface area contributed by atoms with Gasteiger partial charge in [-0.25, -0.2) is 9.78 Å². The van der Waals surface area contributed by atoms with Gasteiger partial charge in [0.1, 0.15) is 5.82 Å². The summed E-state index contributed by atoms with van der Waals surface area (Å²) < 4.78 is 0. The van der Waals surface area contributed by atoms with Crippen molar-refractivity contribution in [3.8, 4) is 0 Å². The minimum atomic E-state index is -0.995. The van der Waals surface area contributed by atoms with Crippen molar-refractivity contribution in [1.82, 2.24) is 4.98 Å². The van der Waals surface area contributed by atoms with Crippen LogP contribution in [0.5, 0.6) is 0 Å². The summed E-state index contributed by atoms with van der Waals surface area (Å²) in [5.41, 5.74) is 0.142. The first-order chi connectivity index (χ1) is 8.65. The van der Waals surface area contributed by atoms with Crippen molar-refractivity contribution < 1.29 is 9.90 Å². The van der Waals surface area contributed by atoms with E-state index in [2.05, 4.69) is 9.88 Å². The lowest BCUT2D eigenvalue weighted by Crippen LogP contribution is -2.29. The zero-order chi connectivity index (χ0) is 12.7. The summed E-state index contributed by atoms with van der Waals surface area (Å²) in [6, 6.07) is 2.15. The van der Waals surface area contributed by atoms with E-state index in [-0.39, 0.29) is 10.6 Å². The number of anilines is 1. The van der Waals surface area contributed by atoms with Crippen molar-refractivity contribution in [3.05, 3.63) is 22.8 Å². The Balaban J connectivity index is 1.88. The lowest BCUT2D eigenvalue weighted by atomic mass is 10.2. The Morgan fingerprint density at radius 2 is 2.17 bits per heavy atom. The second-order valence-corrected chi connectivity index (χ2v) is 5.56. The molecule has 0 aliphatic heterocycles. The van der Waals surface area contributed by atoms with Crippen LogP contribution in [0, 0.1) is 5.92 Å². The van der Waals surface area contributed by atoms with Gasteiger partial charge in [0, 0.05) is 18.8 Å². The number of aromatic carboxylic acids is 1. The number of pyridine rings is 1. The summed E-state index contributed by atoms with van der Waals surface area (Å²) >= 11 is 5.85. The molecule has 18 heavy (non-hydrogen) atoms. The third kappa shape index (κ3) is 2.43. The largest absolute Gasteiger partial charge is 0.478 e. The molecule has 0 unspecified atom stereocenters. The number of nitrogens with zero attached hydrogens (tertiary/aromatic N) is 2. The quantitative estimate of drug-likeness (QED) is 0.890. The molecule has 0 saturated heterocycles. The van der Waals surface area contributed by atoms with Crippen LogP contribution in [-0.4, -0.2) is 28.6 Å². The minimum Gasteiger partial charge on any atom is -0.478 e. The number of hydrogen-bond acceptors (Lipinski definition) is 3. The SMILES string of the molecule is O=C(O)c1cc(N(CC2CC2)C2CC2)ncc1Cl. The number of carbonyl (C=O) groups is 1. The smallest absolute Gasteiger partial charge is 0.337 e. The molecule has 5 heteroatoms. The molecule has 96 valence electrons. The van der Waals surface area contributed by atoms with Gasteiger partial charge in [-0.15, -0.1) is 0 Å². The molecule has 0 amide bonds. The summed E-state index contributed by atoms with van der Waals surface area (Å²) in [7, 11) is 0. The second-order valence-electron chi connectivity index (χ2n) is 5.15. The fourth-order valence-corrected chi connectivity index (χ4v) is 2.33. The van der Waals surface area contributed by atoms with E-state index in [0.717, 1.165) is 18.3 Å². The maximum atomic E-state index is 11.1. The van der Waals surface area contributed by atoms with E-state index in [9.17, 15) is 4.79 Å². The molecule has 0 radical (unpaired) electrons. The Bertz CT molecular complexity index is 484. The molecular formula is C13H15ClN2O2. The number of carboxylic acids is 1. The van der Waals surface area contributed by atoms with E-state index in [1.165, 1.54) is 31.9 Å². The molecule has 2 fully saturated rings. The fourth-order valence-electron chi connectivity index (χ4n) is 2.14. The van der Waals surface area contributed by atoms with Crippen molar-refractivity contribution in [1.29, 1.82) is 0 Å².